The number of amides is 1. The van der Waals surface area contributed by atoms with Crippen molar-refractivity contribution in [2.75, 3.05) is 18.5 Å². The van der Waals surface area contributed by atoms with Crippen LogP contribution in [0.25, 0.3) is 0 Å². The summed E-state index contributed by atoms with van der Waals surface area (Å²) in [6.45, 7) is 6.41. The van der Waals surface area contributed by atoms with Crippen molar-refractivity contribution in [3.63, 3.8) is 0 Å². The van der Waals surface area contributed by atoms with Gasteiger partial charge in [-0.3, -0.25) is 14.9 Å². The quantitative estimate of drug-likeness (QED) is 0.526. The Labute approximate surface area is 151 Å². The molecular formula is C18H22N2O6. The fourth-order valence-corrected chi connectivity index (χ4v) is 2.23. The summed E-state index contributed by atoms with van der Waals surface area (Å²) in [4.78, 5) is 23.2. The Kier molecular flexibility index (Phi) is 6.60. The highest BCUT2D eigenvalue weighted by Gasteiger charge is 2.23. The molecule has 0 spiro atoms. The molecule has 0 saturated carbocycles. The van der Waals surface area contributed by atoms with Crippen LogP contribution in [0, 0.1) is 17.0 Å². The lowest BCUT2D eigenvalue weighted by atomic mass is 10.2. The highest BCUT2D eigenvalue weighted by atomic mass is 16.6. The molecule has 26 heavy (non-hydrogen) atoms. The predicted molar refractivity (Wildman–Crippen MR) is 96.1 cm³/mol. The molecule has 0 atom stereocenters. The van der Waals surface area contributed by atoms with E-state index < -0.39 is 10.8 Å². The van der Waals surface area contributed by atoms with Crippen LogP contribution in [0.3, 0.4) is 0 Å². The minimum Gasteiger partial charge on any atom is -0.490 e. The third-order valence-corrected chi connectivity index (χ3v) is 3.50. The van der Waals surface area contributed by atoms with Gasteiger partial charge in [-0.05, 0) is 25.8 Å². The molecule has 1 aromatic carbocycles. The maximum absolute atomic E-state index is 12.4. The van der Waals surface area contributed by atoms with Gasteiger partial charge in [0.2, 0.25) is 0 Å². The van der Waals surface area contributed by atoms with Gasteiger partial charge in [-0.1, -0.05) is 13.8 Å². The van der Waals surface area contributed by atoms with Gasteiger partial charge in [0.1, 0.15) is 5.69 Å². The van der Waals surface area contributed by atoms with Crippen molar-refractivity contribution >= 4 is 17.3 Å². The summed E-state index contributed by atoms with van der Waals surface area (Å²) in [5, 5.41) is 14.0. The number of rotatable bonds is 9. The van der Waals surface area contributed by atoms with Crippen molar-refractivity contribution in [1.29, 1.82) is 0 Å². The first-order valence-electron chi connectivity index (χ1n) is 8.41. The molecule has 1 aromatic heterocycles. The summed E-state index contributed by atoms with van der Waals surface area (Å²) < 4.78 is 16.3. The third-order valence-electron chi connectivity index (χ3n) is 3.50. The Morgan fingerprint density at radius 1 is 1.19 bits per heavy atom. The summed E-state index contributed by atoms with van der Waals surface area (Å²) in [5.74, 6) is 0.150. The van der Waals surface area contributed by atoms with E-state index in [0.717, 1.165) is 12.8 Å². The van der Waals surface area contributed by atoms with Gasteiger partial charge in [-0.2, -0.15) is 0 Å². The lowest BCUT2D eigenvalue weighted by molar-refractivity contribution is -0.384. The number of hydrogen-bond acceptors (Lipinski definition) is 6. The molecule has 0 aliphatic heterocycles. The summed E-state index contributed by atoms with van der Waals surface area (Å²) in [6.07, 6.45) is 2.89. The second-order valence-electron chi connectivity index (χ2n) is 5.66. The molecule has 140 valence electrons. The average molecular weight is 362 g/mol. The van der Waals surface area contributed by atoms with Crippen LogP contribution in [0.5, 0.6) is 11.5 Å². The van der Waals surface area contributed by atoms with Crippen LogP contribution in [0.2, 0.25) is 0 Å². The van der Waals surface area contributed by atoms with Crippen molar-refractivity contribution in [3.05, 3.63) is 45.9 Å². The molecule has 0 bridgehead atoms. The predicted octanol–water partition coefficient (Wildman–Crippen LogP) is 4.33. The SMILES string of the molecule is CCCOc1cc(NC(=O)c2occc2C)c([N+](=O)[O-])cc1OCCC. The first kappa shape index (κ1) is 19.3. The van der Waals surface area contributed by atoms with Gasteiger partial charge in [0.05, 0.1) is 30.5 Å². The Hall–Kier alpha value is -3.03. The van der Waals surface area contributed by atoms with Gasteiger partial charge in [-0.15, -0.1) is 0 Å². The minimum absolute atomic E-state index is 0.0192. The van der Waals surface area contributed by atoms with E-state index in [1.165, 1.54) is 18.4 Å². The molecule has 1 amide bonds. The number of nitro groups is 1. The fraction of sp³-hybridized carbons (Fsp3) is 0.389. The van der Waals surface area contributed by atoms with E-state index in [-0.39, 0.29) is 22.9 Å². The molecule has 0 unspecified atom stereocenters. The maximum atomic E-state index is 12.4. The molecule has 0 aliphatic rings. The normalized spacial score (nSPS) is 10.4. The van der Waals surface area contributed by atoms with Crippen molar-refractivity contribution in [2.45, 2.75) is 33.6 Å². The van der Waals surface area contributed by atoms with E-state index in [1.54, 1.807) is 13.0 Å². The molecule has 8 heteroatoms. The first-order chi connectivity index (χ1) is 12.5. The zero-order valence-electron chi connectivity index (χ0n) is 15.0. The van der Waals surface area contributed by atoms with Crippen LogP contribution in [-0.4, -0.2) is 24.0 Å². The number of anilines is 1. The molecule has 1 heterocycles. The van der Waals surface area contributed by atoms with Crippen molar-refractivity contribution in [2.24, 2.45) is 0 Å². The smallest absolute Gasteiger partial charge is 0.296 e. The number of benzene rings is 1. The number of furan rings is 1. The summed E-state index contributed by atoms with van der Waals surface area (Å²) in [6, 6.07) is 4.32. The van der Waals surface area contributed by atoms with Gasteiger partial charge < -0.3 is 19.2 Å². The van der Waals surface area contributed by atoms with E-state index in [9.17, 15) is 14.9 Å². The number of nitro benzene ring substituents is 1. The molecule has 0 saturated heterocycles. The molecule has 0 fully saturated rings. The van der Waals surface area contributed by atoms with E-state index >= 15 is 0 Å². The Balaban J connectivity index is 2.40. The van der Waals surface area contributed by atoms with Gasteiger partial charge in [0, 0.05) is 11.6 Å². The van der Waals surface area contributed by atoms with E-state index in [0.29, 0.717) is 24.5 Å². The standard InChI is InChI=1S/C18H22N2O6/c1-4-7-24-15-10-13(19-18(21)17-12(3)6-9-26-17)14(20(22)23)11-16(15)25-8-5-2/h6,9-11H,4-5,7-8H2,1-3H3,(H,19,21). The summed E-state index contributed by atoms with van der Waals surface area (Å²) in [7, 11) is 0. The van der Waals surface area contributed by atoms with E-state index in [2.05, 4.69) is 5.32 Å². The summed E-state index contributed by atoms with van der Waals surface area (Å²) >= 11 is 0. The van der Waals surface area contributed by atoms with Crippen LogP contribution in [0.1, 0.15) is 42.8 Å². The van der Waals surface area contributed by atoms with Crippen LogP contribution in [-0.2, 0) is 0 Å². The Bertz CT molecular complexity index is 784. The molecule has 1 N–H and O–H groups in total. The number of nitrogens with one attached hydrogen (secondary N) is 1. The molecular weight excluding hydrogens is 340 g/mol. The van der Waals surface area contributed by atoms with Gasteiger partial charge >= 0.3 is 0 Å². The first-order valence-corrected chi connectivity index (χ1v) is 8.41. The second-order valence-corrected chi connectivity index (χ2v) is 5.66. The number of aryl methyl sites for hydroxylation is 1. The van der Waals surface area contributed by atoms with E-state index in [4.69, 9.17) is 13.9 Å². The minimum atomic E-state index is -0.576. The number of carbonyl (C=O) groups excluding carboxylic acids is 1. The molecule has 8 nitrogen and oxygen atoms in total. The lowest BCUT2D eigenvalue weighted by Crippen LogP contribution is -2.14. The second kappa shape index (κ2) is 8.89. The van der Waals surface area contributed by atoms with Gasteiger partial charge in [-0.25, -0.2) is 0 Å². The van der Waals surface area contributed by atoms with Crippen molar-refractivity contribution < 1.29 is 23.6 Å². The molecule has 2 aromatic rings. The molecule has 2 rings (SSSR count). The third kappa shape index (κ3) is 4.53. The molecule has 0 radical (unpaired) electrons. The number of nitrogens with zero attached hydrogens (tertiary/aromatic N) is 1. The topological polar surface area (TPSA) is 104 Å². The monoisotopic (exact) mass is 362 g/mol. The fourth-order valence-electron chi connectivity index (χ4n) is 2.23. The van der Waals surface area contributed by atoms with Crippen LogP contribution in [0.15, 0.2) is 28.9 Å². The highest BCUT2D eigenvalue weighted by Crippen LogP contribution is 2.38. The van der Waals surface area contributed by atoms with Gasteiger partial charge in [0.15, 0.2) is 17.3 Å². The lowest BCUT2D eigenvalue weighted by Gasteiger charge is -2.14. The van der Waals surface area contributed by atoms with Crippen LogP contribution < -0.4 is 14.8 Å². The highest BCUT2D eigenvalue weighted by molar-refractivity contribution is 6.04. The Morgan fingerprint density at radius 2 is 1.81 bits per heavy atom. The zero-order chi connectivity index (χ0) is 19.1. The van der Waals surface area contributed by atoms with Crippen molar-refractivity contribution in [1.82, 2.24) is 0 Å². The maximum Gasteiger partial charge on any atom is 0.296 e. The van der Waals surface area contributed by atoms with Crippen LogP contribution >= 0.6 is 0 Å². The number of ether oxygens (including phenoxy) is 2. The average Bonchev–Trinajstić information content (AvgIpc) is 3.04. The largest absolute Gasteiger partial charge is 0.490 e. The van der Waals surface area contributed by atoms with Crippen molar-refractivity contribution in [3.8, 4) is 11.5 Å². The zero-order valence-corrected chi connectivity index (χ0v) is 15.0. The Morgan fingerprint density at radius 3 is 2.31 bits per heavy atom. The van der Waals surface area contributed by atoms with Gasteiger partial charge in [0.25, 0.3) is 11.6 Å². The molecule has 0 aliphatic carbocycles. The summed E-state index contributed by atoms with van der Waals surface area (Å²) in [5.41, 5.74) is 0.374. The number of hydrogen-bond donors (Lipinski definition) is 1. The van der Waals surface area contributed by atoms with E-state index in [1.807, 2.05) is 13.8 Å². The number of carbonyl (C=O) groups is 1. The van der Waals surface area contributed by atoms with Crippen LogP contribution in [0.4, 0.5) is 11.4 Å².